The maximum Gasteiger partial charge on any atom is 0.0541 e. The number of rotatable bonds is 7. The Morgan fingerprint density at radius 3 is 1.83 bits per heavy atom. The first-order valence-electron chi connectivity index (χ1n) is 20.4. The first kappa shape index (κ1) is 34.6. The Labute approximate surface area is 344 Å². The van der Waals surface area contributed by atoms with Crippen LogP contribution in [-0.2, 0) is 0 Å². The van der Waals surface area contributed by atoms with Crippen LogP contribution in [0.1, 0.15) is 23.2 Å². The fourth-order valence-electron chi connectivity index (χ4n) is 9.01. The highest BCUT2D eigenvalue weighted by Crippen LogP contribution is 2.42. The zero-order chi connectivity index (χ0) is 39.1. The molecule has 1 aliphatic rings. The van der Waals surface area contributed by atoms with E-state index in [2.05, 4.69) is 240 Å². The second kappa shape index (κ2) is 14.7. The average molecular weight is 753 g/mol. The number of para-hydroxylation sites is 2. The summed E-state index contributed by atoms with van der Waals surface area (Å²) in [4.78, 5) is 2.39. The molecular formula is C57H40N2. The molecule has 0 saturated heterocycles. The second-order valence-electron chi connectivity index (χ2n) is 15.3. The Kier molecular flexibility index (Phi) is 8.60. The van der Waals surface area contributed by atoms with E-state index < -0.39 is 0 Å². The van der Waals surface area contributed by atoms with Crippen LogP contribution < -0.4 is 4.90 Å². The molecule has 1 aliphatic carbocycles. The number of hydrogen-bond acceptors (Lipinski definition) is 1. The van der Waals surface area contributed by atoms with Crippen molar-refractivity contribution in [2.75, 3.05) is 4.90 Å². The molecule has 0 radical (unpaired) electrons. The zero-order valence-corrected chi connectivity index (χ0v) is 32.5. The van der Waals surface area contributed by atoms with E-state index in [9.17, 15) is 0 Å². The number of nitrogens with zero attached hydrogens (tertiary/aromatic N) is 2. The monoisotopic (exact) mass is 752 g/mol. The Bertz CT molecular complexity index is 3210. The van der Waals surface area contributed by atoms with Gasteiger partial charge in [0.2, 0.25) is 0 Å². The van der Waals surface area contributed by atoms with Gasteiger partial charge in [-0.25, -0.2) is 0 Å². The molecule has 0 N–H and O–H groups in total. The highest BCUT2D eigenvalue weighted by atomic mass is 15.1. The van der Waals surface area contributed by atoms with Gasteiger partial charge < -0.3 is 9.47 Å². The fraction of sp³-hybridized carbons (Fsp3) is 0.0175. The molecule has 2 nitrogen and oxygen atoms in total. The van der Waals surface area contributed by atoms with Gasteiger partial charge in [0.05, 0.1) is 11.2 Å². The van der Waals surface area contributed by atoms with E-state index in [0.29, 0.717) is 0 Å². The van der Waals surface area contributed by atoms with E-state index in [1.807, 2.05) is 0 Å². The Morgan fingerprint density at radius 1 is 0.424 bits per heavy atom. The lowest BCUT2D eigenvalue weighted by molar-refractivity contribution is 1.10. The third-order valence-electron chi connectivity index (χ3n) is 11.8. The van der Waals surface area contributed by atoms with Crippen LogP contribution in [0.3, 0.4) is 0 Å². The van der Waals surface area contributed by atoms with Crippen LogP contribution in [0.4, 0.5) is 17.1 Å². The third kappa shape index (κ3) is 6.23. The second-order valence-corrected chi connectivity index (χ2v) is 15.3. The summed E-state index contributed by atoms with van der Waals surface area (Å²) in [6.07, 6.45) is 7.87. The SMILES string of the molecule is C1=Cc2c(c3ccccc3n2-c2ccccc2)C=C(c2ccc(N(c3ccc(-c4ccccc4)cc3)c3cccc(-c4cccc5ccc6ccccc6c45)c3)cc2)C1. The summed E-state index contributed by atoms with van der Waals surface area (Å²) in [5.41, 5.74) is 15.5. The number of allylic oxidation sites excluding steroid dienone is 2. The minimum absolute atomic E-state index is 0.851. The molecule has 1 heterocycles. The number of aromatic nitrogens is 1. The summed E-state index contributed by atoms with van der Waals surface area (Å²) in [7, 11) is 0. The van der Waals surface area contributed by atoms with Crippen LogP contribution in [0.5, 0.6) is 0 Å². The predicted octanol–water partition coefficient (Wildman–Crippen LogP) is 15.7. The maximum absolute atomic E-state index is 2.41. The molecule has 0 fully saturated rings. The molecule has 0 atom stereocenters. The molecular weight excluding hydrogens is 713 g/mol. The average Bonchev–Trinajstić information content (AvgIpc) is 3.45. The van der Waals surface area contributed by atoms with Crippen LogP contribution in [0, 0.1) is 0 Å². The molecule has 59 heavy (non-hydrogen) atoms. The van der Waals surface area contributed by atoms with Gasteiger partial charge in [-0.05, 0) is 128 Å². The van der Waals surface area contributed by atoms with E-state index in [0.717, 1.165) is 23.5 Å². The van der Waals surface area contributed by atoms with E-state index in [1.165, 1.54) is 82.8 Å². The first-order chi connectivity index (χ1) is 29.3. The summed E-state index contributed by atoms with van der Waals surface area (Å²) >= 11 is 0. The van der Waals surface area contributed by atoms with Crippen molar-refractivity contribution >= 4 is 67.2 Å². The van der Waals surface area contributed by atoms with Crippen molar-refractivity contribution in [3.8, 4) is 27.9 Å². The zero-order valence-electron chi connectivity index (χ0n) is 32.5. The van der Waals surface area contributed by atoms with Gasteiger partial charge in [0, 0.05) is 33.7 Å². The molecule has 0 bridgehead atoms. The van der Waals surface area contributed by atoms with Crippen molar-refractivity contribution < 1.29 is 0 Å². The summed E-state index contributed by atoms with van der Waals surface area (Å²) in [6, 6.07) is 77.0. The van der Waals surface area contributed by atoms with E-state index in [4.69, 9.17) is 0 Å². The maximum atomic E-state index is 2.41. The molecule has 0 amide bonds. The Morgan fingerprint density at radius 2 is 1.03 bits per heavy atom. The van der Waals surface area contributed by atoms with E-state index in [-0.39, 0.29) is 0 Å². The minimum Gasteiger partial charge on any atom is -0.310 e. The molecule has 2 heteroatoms. The van der Waals surface area contributed by atoms with Crippen LogP contribution in [-0.4, -0.2) is 4.57 Å². The highest BCUT2D eigenvalue weighted by Gasteiger charge is 2.19. The van der Waals surface area contributed by atoms with E-state index >= 15 is 0 Å². The van der Waals surface area contributed by atoms with Gasteiger partial charge >= 0.3 is 0 Å². The van der Waals surface area contributed by atoms with Crippen molar-refractivity contribution in [2.45, 2.75) is 6.42 Å². The van der Waals surface area contributed by atoms with Gasteiger partial charge in [-0.2, -0.15) is 0 Å². The predicted molar refractivity (Wildman–Crippen MR) is 252 cm³/mol. The smallest absolute Gasteiger partial charge is 0.0541 e. The topological polar surface area (TPSA) is 8.17 Å². The van der Waals surface area contributed by atoms with Crippen LogP contribution in [0.15, 0.2) is 218 Å². The highest BCUT2D eigenvalue weighted by molar-refractivity contribution is 6.14. The molecule has 0 spiro atoms. The molecule has 9 aromatic carbocycles. The van der Waals surface area contributed by atoms with Crippen LogP contribution >= 0.6 is 0 Å². The Hall–Kier alpha value is -7.68. The van der Waals surface area contributed by atoms with Crippen molar-refractivity contribution in [1.82, 2.24) is 4.57 Å². The van der Waals surface area contributed by atoms with Crippen molar-refractivity contribution in [3.05, 3.63) is 235 Å². The van der Waals surface area contributed by atoms with Crippen LogP contribution in [0.2, 0.25) is 0 Å². The number of hydrogen-bond donors (Lipinski definition) is 0. The molecule has 278 valence electrons. The standard InChI is InChI=1S/C57H40N2/c1-3-14-40(15-4-1)41-30-34-48(35-31-41)58(50-22-11-19-46(38-50)52-25-12-17-44-29-28-43-16-7-8-23-51(43)57(44)52)49-36-32-42(33-37-49)45-18-13-27-56-54(39-45)53-24-9-10-26-55(53)59(56)47-20-5-2-6-21-47/h1-17,19-39H,18H2. The van der Waals surface area contributed by atoms with Gasteiger partial charge in [0.15, 0.2) is 0 Å². The van der Waals surface area contributed by atoms with Gasteiger partial charge in [0.25, 0.3) is 0 Å². The fourth-order valence-corrected chi connectivity index (χ4v) is 9.01. The molecule has 0 saturated carbocycles. The van der Waals surface area contributed by atoms with Gasteiger partial charge in [0.1, 0.15) is 0 Å². The van der Waals surface area contributed by atoms with Crippen molar-refractivity contribution in [3.63, 3.8) is 0 Å². The summed E-state index contributed by atoms with van der Waals surface area (Å²) in [5.74, 6) is 0. The molecule has 0 aliphatic heterocycles. The lowest BCUT2D eigenvalue weighted by Gasteiger charge is -2.27. The van der Waals surface area contributed by atoms with Crippen molar-refractivity contribution in [1.29, 1.82) is 0 Å². The molecule has 0 unspecified atom stereocenters. The number of anilines is 3. The minimum atomic E-state index is 0.851. The number of fused-ring (bicyclic) bond motifs is 6. The van der Waals surface area contributed by atoms with Gasteiger partial charge in [-0.15, -0.1) is 0 Å². The molecule has 11 rings (SSSR count). The quantitative estimate of drug-likeness (QED) is 0.147. The molecule has 10 aromatic rings. The lowest BCUT2D eigenvalue weighted by Crippen LogP contribution is -2.10. The normalized spacial score (nSPS) is 12.4. The van der Waals surface area contributed by atoms with Gasteiger partial charge in [-0.1, -0.05) is 164 Å². The van der Waals surface area contributed by atoms with Crippen molar-refractivity contribution in [2.24, 2.45) is 0 Å². The molecule has 1 aromatic heterocycles. The van der Waals surface area contributed by atoms with Crippen LogP contribution in [0.25, 0.3) is 78.1 Å². The third-order valence-corrected chi connectivity index (χ3v) is 11.8. The summed E-state index contributed by atoms with van der Waals surface area (Å²) in [5, 5.41) is 6.31. The first-order valence-corrected chi connectivity index (χ1v) is 20.4. The number of benzene rings is 9. The summed E-state index contributed by atoms with van der Waals surface area (Å²) in [6.45, 7) is 0. The summed E-state index contributed by atoms with van der Waals surface area (Å²) < 4.78 is 2.39. The van der Waals surface area contributed by atoms with E-state index in [1.54, 1.807) is 0 Å². The lowest BCUT2D eigenvalue weighted by atomic mass is 9.93. The Balaban J connectivity index is 1.02. The van der Waals surface area contributed by atoms with Gasteiger partial charge in [-0.3, -0.25) is 0 Å². The largest absolute Gasteiger partial charge is 0.310 e.